The number of hydrogen-bond acceptors (Lipinski definition) is 5. The van der Waals surface area contributed by atoms with Gasteiger partial charge in [-0.1, -0.05) is 30.7 Å². The highest BCUT2D eigenvalue weighted by atomic mass is 35.5. The molecule has 0 fully saturated rings. The van der Waals surface area contributed by atoms with Crippen molar-refractivity contribution in [2.75, 3.05) is 17.5 Å². The van der Waals surface area contributed by atoms with Crippen molar-refractivity contribution in [2.24, 2.45) is 0 Å². The number of halogens is 2. The van der Waals surface area contributed by atoms with Crippen LogP contribution in [-0.4, -0.2) is 49.9 Å². The van der Waals surface area contributed by atoms with Gasteiger partial charge in [0.05, 0.1) is 17.2 Å². The van der Waals surface area contributed by atoms with Gasteiger partial charge in [-0.2, -0.15) is 0 Å². The van der Waals surface area contributed by atoms with E-state index in [4.69, 9.17) is 16.3 Å². The van der Waals surface area contributed by atoms with E-state index >= 15 is 0 Å². The van der Waals surface area contributed by atoms with E-state index in [9.17, 15) is 22.4 Å². The molecule has 0 bridgehead atoms. The molecule has 11 heteroatoms. The van der Waals surface area contributed by atoms with Crippen molar-refractivity contribution in [1.82, 2.24) is 10.2 Å². The number of nitrogens with zero attached hydrogens (tertiary/aromatic N) is 2. The fraction of sp³-hybridized carbons (Fsp3) is 0.355. The van der Waals surface area contributed by atoms with Crippen molar-refractivity contribution in [3.8, 4) is 5.75 Å². The van der Waals surface area contributed by atoms with E-state index in [0.29, 0.717) is 22.9 Å². The number of rotatable bonds is 12. The summed E-state index contributed by atoms with van der Waals surface area (Å²) in [6.07, 6.45) is 0.266. The van der Waals surface area contributed by atoms with Crippen LogP contribution in [0.1, 0.15) is 46.6 Å². The molecule has 3 aromatic rings. The third-order valence-electron chi connectivity index (χ3n) is 6.27. The van der Waals surface area contributed by atoms with Gasteiger partial charge in [0.15, 0.2) is 0 Å². The number of hydrogen-bond donors (Lipinski definition) is 1. The van der Waals surface area contributed by atoms with Crippen molar-refractivity contribution >= 4 is 39.1 Å². The van der Waals surface area contributed by atoms with Gasteiger partial charge >= 0.3 is 0 Å². The molecule has 1 atom stereocenters. The normalized spacial score (nSPS) is 12.4. The molecule has 226 valence electrons. The van der Waals surface area contributed by atoms with E-state index < -0.39 is 39.9 Å². The minimum Gasteiger partial charge on any atom is -0.494 e. The Balaban J connectivity index is 2.07. The summed E-state index contributed by atoms with van der Waals surface area (Å²) in [6, 6.07) is 16.7. The van der Waals surface area contributed by atoms with Crippen molar-refractivity contribution in [3.63, 3.8) is 0 Å². The van der Waals surface area contributed by atoms with Gasteiger partial charge in [0.1, 0.15) is 24.2 Å². The van der Waals surface area contributed by atoms with Crippen molar-refractivity contribution in [3.05, 3.63) is 89.2 Å². The lowest BCUT2D eigenvalue weighted by atomic mass is 10.1. The van der Waals surface area contributed by atoms with Crippen LogP contribution in [-0.2, 0) is 26.2 Å². The molecule has 0 aliphatic carbocycles. The van der Waals surface area contributed by atoms with E-state index in [1.165, 1.54) is 53.4 Å². The summed E-state index contributed by atoms with van der Waals surface area (Å²) < 4.78 is 48.0. The van der Waals surface area contributed by atoms with E-state index in [-0.39, 0.29) is 29.5 Å². The zero-order valence-corrected chi connectivity index (χ0v) is 26.0. The second-order valence-electron chi connectivity index (χ2n) is 10.7. The minimum atomic E-state index is -4.25. The van der Waals surface area contributed by atoms with Crippen LogP contribution < -0.4 is 14.4 Å². The number of anilines is 1. The largest absolute Gasteiger partial charge is 0.494 e. The van der Waals surface area contributed by atoms with E-state index in [2.05, 4.69) is 5.32 Å². The van der Waals surface area contributed by atoms with Crippen LogP contribution in [0.15, 0.2) is 77.7 Å². The van der Waals surface area contributed by atoms with Crippen LogP contribution in [0.25, 0.3) is 0 Å². The molecule has 0 radical (unpaired) electrons. The Morgan fingerprint density at radius 3 is 2.07 bits per heavy atom. The standard InChI is InChI=1S/C31H37ClFN3O5S/c1-6-28(30(38)34-31(3,4)5)35(20-22-8-12-24(33)13-9-22)29(37)21-36(25-14-16-26(17-15-25)41-7-2)42(39,40)27-18-10-23(32)11-19-27/h8-19,28H,6-7,20-21H2,1-5H3,(H,34,38)/t28-/m0/s1. The molecule has 3 aromatic carbocycles. The SMILES string of the molecule is CCOc1ccc(N(CC(=O)N(Cc2ccc(F)cc2)[C@@H](CC)C(=O)NC(C)(C)C)S(=O)(=O)c2ccc(Cl)cc2)cc1. The van der Waals surface area contributed by atoms with Crippen LogP contribution in [0.5, 0.6) is 5.75 Å². The molecule has 0 heterocycles. The average Bonchev–Trinajstić information content (AvgIpc) is 2.92. The number of ether oxygens (including phenoxy) is 1. The molecule has 0 saturated carbocycles. The van der Waals surface area contributed by atoms with Crippen LogP contribution in [0.4, 0.5) is 10.1 Å². The van der Waals surface area contributed by atoms with E-state index in [1.807, 2.05) is 27.7 Å². The molecule has 0 spiro atoms. The van der Waals surface area contributed by atoms with Crippen molar-refractivity contribution in [1.29, 1.82) is 0 Å². The van der Waals surface area contributed by atoms with Crippen molar-refractivity contribution < 1.29 is 27.1 Å². The lowest BCUT2D eigenvalue weighted by molar-refractivity contribution is -0.141. The fourth-order valence-corrected chi connectivity index (χ4v) is 5.84. The molecule has 3 rings (SSSR count). The Morgan fingerprint density at radius 1 is 0.952 bits per heavy atom. The zero-order chi connectivity index (χ0) is 31.1. The highest BCUT2D eigenvalue weighted by molar-refractivity contribution is 7.92. The smallest absolute Gasteiger partial charge is 0.264 e. The molecular weight excluding hydrogens is 581 g/mol. The lowest BCUT2D eigenvalue weighted by Gasteiger charge is -2.34. The first-order valence-corrected chi connectivity index (χ1v) is 15.4. The molecule has 0 unspecified atom stereocenters. The minimum absolute atomic E-state index is 0.0344. The maximum atomic E-state index is 14.1. The van der Waals surface area contributed by atoms with Gasteiger partial charge in [-0.05, 0) is 100 Å². The predicted molar refractivity (Wildman–Crippen MR) is 163 cm³/mol. The summed E-state index contributed by atoms with van der Waals surface area (Å²) in [7, 11) is -4.25. The average molecular weight is 618 g/mol. The van der Waals surface area contributed by atoms with Crippen LogP contribution >= 0.6 is 11.6 Å². The number of sulfonamides is 1. The topological polar surface area (TPSA) is 96.0 Å². The summed E-state index contributed by atoms with van der Waals surface area (Å²) in [6.45, 7) is 8.89. The Morgan fingerprint density at radius 2 is 1.55 bits per heavy atom. The first kappa shape index (κ1) is 32.9. The van der Waals surface area contributed by atoms with Gasteiger partial charge < -0.3 is 15.0 Å². The first-order valence-electron chi connectivity index (χ1n) is 13.6. The Labute approximate surface area is 252 Å². The number of benzene rings is 3. The predicted octanol–water partition coefficient (Wildman–Crippen LogP) is 5.80. The van der Waals surface area contributed by atoms with Gasteiger partial charge in [-0.3, -0.25) is 13.9 Å². The Bertz CT molecular complexity index is 1460. The molecule has 0 aromatic heterocycles. The molecule has 1 N–H and O–H groups in total. The van der Waals surface area contributed by atoms with Crippen LogP contribution in [0.2, 0.25) is 5.02 Å². The maximum Gasteiger partial charge on any atom is 0.264 e. The highest BCUT2D eigenvalue weighted by Gasteiger charge is 2.34. The molecule has 8 nitrogen and oxygen atoms in total. The van der Waals surface area contributed by atoms with Gasteiger partial charge in [-0.15, -0.1) is 0 Å². The molecule has 0 aliphatic heterocycles. The van der Waals surface area contributed by atoms with Crippen LogP contribution in [0.3, 0.4) is 0 Å². The van der Waals surface area contributed by atoms with Crippen molar-refractivity contribution in [2.45, 2.75) is 64.1 Å². The van der Waals surface area contributed by atoms with E-state index in [1.54, 1.807) is 31.2 Å². The summed E-state index contributed by atoms with van der Waals surface area (Å²) in [5.74, 6) is -0.889. The fourth-order valence-electron chi connectivity index (χ4n) is 4.30. The molecular formula is C31H37ClFN3O5S. The number of carbonyl (C=O) groups is 2. The molecule has 0 saturated heterocycles. The van der Waals surface area contributed by atoms with Gasteiger partial charge in [0.2, 0.25) is 11.8 Å². The van der Waals surface area contributed by atoms with Gasteiger partial charge in [0, 0.05) is 17.1 Å². The lowest BCUT2D eigenvalue weighted by Crippen LogP contribution is -2.55. The Hall–Kier alpha value is -3.63. The van der Waals surface area contributed by atoms with E-state index in [0.717, 1.165) is 4.31 Å². The first-order chi connectivity index (χ1) is 19.7. The van der Waals surface area contributed by atoms with Crippen LogP contribution in [0, 0.1) is 5.82 Å². The second kappa shape index (κ2) is 14.0. The maximum absolute atomic E-state index is 14.1. The zero-order valence-electron chi connectivity index (χ0n) is 24.4. The number of amides is 2. The summed E-state index contributed by atoms with van der Waals surface area (Å²) >= 11 is 6.00. The molecule has 2 amide bonds. The summed E-state index contributed by atoms with van der Waals surface area (Å²) in [5, 5.41) is 3.27. The quantitative estimate of drug-likeness (QED) is 0.277. The molecule has 42 heavy (non-hydrogen) atoms. The Kier molecular flexibility index (Phi) is 11.0. The third-order valence-corrected chi connectivity index (χ3v) is 8.31. The highest BCUT2D eigenvalue weighted by Crippen LogP contribution is 2.27. The molecule has 0 aliphatic rings. The summed E-state index contributed by atoms with van der Waals surface area (Å²) in [5.41, 5.74) is 0.247. The summed E-state index contributed by atoms with van der Waals surface area (Å²) in [4.78, 5) is 28.7. The number of nitrogens with one attached hydrogen (secondary N) is 1. The second-order valence-corrected chi connectivity index (χ2v) is 13.0. The van der Waals surface area contributed by atoms with Gasteiger partial charge in [-0.25, -0.2) is 12.8 Å². The number of carbonyl (C=O) groups excluding carboxylic acids is 2. The third kappa shape index (κ3) is 8.69. The monoisotopic (exact) mass is 617 g/mol. The van der Waals surface area contributed by atoms with Gasteiger partial charge in [0.25, 0.3) is 10.0 Å².